The van der Waals surface area contributed by atoms with Crippen LogP contribution in [0.5, 0.6) is 0 Å². The van der Waals surface area contributed by atoms with Crippen LogP contribution in [0, 0.1) is 0 Å². The second-order valence-electron chi connectivity index (χ2n) is 4.87. The first kappa shape index (κ1) is 11.2. The Bertz CT molecular complexity index is 718. The highest BCUT2D eigenvalue weighted by Crippen LogP contribution is 2.46. The summed E-state index contributed by atoms with van der Waals surface area (Å²) in [6.07, 6.45) is 3.32. The number of furan rings is 1. The van der Waals surface area contributed by atoms with E-state index < -0.39 is 0 Å². The number of hydrogen-bond donors (Lipinski definition) is 1. The first-order valence-corrected chi connectivity index (χ1v) is 6.39. The Morgan fingerprint density at radius 3 is 2.85 bits per heavy atom. The fraction of sp³-hybridized carbons (Fsp3) is 0.133. The van der Waals surface area contributed by atoms with Gasteiger partial charge < -0.3 is 14.4 Å². The van der Waals surface area contributed by atoms with Crippen LogP contribution in [0.15, 0.2) is 63.7 Å². The molecule has 2 aliphatic rings. The molecular formula is C15H13N3O2. The average molecular weight is 267 g/mol. The molecule has 0 amide bonds. The quantitative estimate of drug-likeness (QED) is 0.862. The zero-order valence-corrected chi connectivity index (χ0v) is 10.9. The van der Waals surface area contributed by atoms with Gasteiger partial charge in [-0.2, -0.15) is 0 Å². The number of aliphatic hydroxyl groups is 1. The Morgan fingerprint density at radius 2 is 2.05 bits per heavy atom. The third-order valence-electron chi connectivity index (χ3n) is 3.68. The number of aliphatic imine (C=N–C) groups is 1. The van der Waals surface area contributed by atoms with E-state index in [2.05, 4.69) is 4.99 Å². The van der Waals surface area contributed by atoms with Crippen molar-refractivity contribution in [3.8, 4) is 0 Å². The van der Waals surface area contributed by atoms with Crippen LogP contribution in [-0.4, -0.2) is 23.4 Å². The summed E-state index contributed by atoms with van der Waals surface area (Å²) < 4.78 is 5.44. The lowest BCUT2D eigenvalue weighted by Gasteiger charge is -2.33. The van der Waals surface area contributed by atoms with Gasteiger partial charge >= 0.3 is 0 Å². The number of hydrogen-bond acceptors (Lipinski definition) is 5. The monoisotopic (exact) mass is 267 g/mol. The number of para-hydroxylation sites is 1. The third-order valence-corrected chi connectivity index (χ3v) is 3.68. The second-order valence-corrected chi connectivity index (χ2v) is 4.87. The Kier molecular flexibility index (Phi) is 2.18. The predicted molar refractivity (Wildman–Crippen MR) is 75.9 cm³/mol. The highest BCUT2D eigenvalue weighted by Gasteiger charge is 2.38. The number of fused-ring (bicyclic) bond motifs is 3. The van der Waals surface area contributed by atoms with Crippen molar-refractivity contribution in [2.75, 3.05) is 11.9 Å². The fourth-order valence-electron chi connectivity index (χ4n) is 2.80. The molecule has 0 saturated carbocycles. The van der Waals surface area contributed by atoms with E-state index in [-0.39, 0.29) is 11.9 Å². The number of aliphatic hydroxyl groups excluding tert-OH is 1. The highest BCUT2D eigenvalue weighted by atomic mass is 16.4. The SMILES string of the molecule is CN1C=NC2=C(O)N(c3ccco3)c3ccccc3C21. The summed E-state index contributed by atoms with van der Waals surface area (Å²) in [6, 6.07) is 11.5. The molecule has 5 nitrogen and oxygen atoms in total. The van der Waals surface area contributed by atoms with E-state index in [0.29, 0.717) is 11.6 Å². The smallest absolute Gasteiger partial charge is 0.223 e. The van der Waals surface area contributed by atoms with Gasteiger partial charge in [0.1, 0.15) is 11.7 Å². The van der Waals surface area contributed by atoms with E-state index in [1.807, 2.05) is 42.3 Å². The summed E-state index contributed by atoms with van der Waals surface area (Å²) in [6.45, 7) is 0. The molecular weight excluding hydrogens is 254 g/mol. The molecule has 1 aromatic heterocycles. The number of nitrogens with zero attached hydrogens (tertiary/aromatic N) is 3. The van der Waals surface area contributed by atoms with E-state index in [4.69, 9.17) is 4.42 Å². The normalized spacial score (nSPS) is 20.4. The number of benzene rings is 1. The lowest BCUT2D eigenvalue weighted by Crippen LogP contribution is -2.29. The zero-order valence-electron chi connectivity index (χ0n) is 10.9. The number of likely N-dealkylation sites (N-methyl/N-ethyl adjacent to an activating group) is 1. The van der Waals surface area contributed by atoms with E-state index in [9.17, 15) is 5.11 Å². The molecule has 1 N–H and O–H groups in total. The highest BCUT2D eigenvalue weighted by molar-refractivity contribution is 5.76. The maximum absolute atomic E-state index is 10.6. The lowest BCUT2D eigenvalue weighted by atomic mass is 9.97. The van der Waals surface area contributed by atoms with Crippen LogP contribution in [0.4, 0.5) is 11.6 Å². The molecule has 2 aliphatic heterocycles. The topological polar surface area (TPSA) is 52.2 Å². The van der Waals surface area contributed by atoms with Crippen LogP contribution >= 0.6 is 0 Å². The summed E-state index contributed by atoms with van der Waals surface area (Å²) in [5, 5.41) is 10.6. The Labute approximate surface area is 116 Å². The Hall–Kier alpha value is -2.69. The second kappa shape index (κ2) is 3.90. The molecule has 0 aliphatic carbocycles. The van der Waals surface area contributed by atoms with Crippen LogP contribution in [0.1, 0.15) is 11.6 Å². The van der Waals surface area contributed by atoms with Crippen LogP contribution in [0.2, 0.25) is 0 Å². The predicted octanol–water partition coefficient (Wildman–Crippen LogP) is 3.17. The van der Waals surface area contributed by atoms with Gasteiger partial charge in [0.25, 0.3) is 0 Å². The van der Waals surface area contributed by atoms with Crippen LogP contribution < -0.4 is 4.90 Å². The van der Waals surface area contributed by atoms with Gasteiger partial charge in [-0.15, -0.1) is 0 Å². The molecule has 1 unspecified atom stereocenters. The van der Waals surface area contributed by atoms with Crippen molar-refractivity contribution in [2.45, 2.75) is 6.04 Å². The van der Waals surface area contributed by atoms with Crippen molar-refractivity contribution in [1.29, 1.82) is 0 Å². The molecule has 1 aromatic carbocycles. The molecule has 4 rings (SSSR count). The summed E-state index contributed by atoms with van der Waals surface area (Å²) in [5.74, 6) is 0.690. The standard InChI is InChI=1S/C15H13N3O2/c1-17-9-16-13-14(17)10-5-2-3-6-11(10)18(15(13)19)12-7-4-8-20-12/h2-9,14,19H,1H3. The molecule has 0 fully saturated rings. The molecule has 3 heterocycles. The molecule has 20 heavy (non-hydrogen) atoms. The molecule has 0 saturated heterocycles. The molecule has 100 valence electrons. The minimum atomic E-state index is -0.0441. The van der Waals surface area contributed by atoms with Crippen LogP contribution in [0.3, 0.4) is 0 Å². The van der Waals surface area contributed by atoms with Crippen molar-refractivity contribution >= 4 is 17.9 Å². The molecule has 2 aromatic rings. The number of anilines is 2. The minimum Gasteiger partial charge on any atom is -0.493 e. The molecule has 0 radical (unpaired) electrons. The molecule has 0 spiro atoms. The van der Waals surface area contributed by atoms with Crippen LogP contribution in [-0.2, 0) is 0 Å². The molecule has 1 atom stereocenters. The molecule has 5 heteroatoms. The van der Waals surface area contributed by atoms with Gasteiger partial charge in [0.05, 0.1) is 18.3 Å². The van der Waals surface area contributed by atoms with Gasteiger partial charge in [0.2, 0.25) is 11.8 Å². The van der Waals surface area contributed by atoms with Gasteiger partial charge in [-0.25, -0.2) is 9.89 Å². The van der Waals surface area contributed by atoms with E-state index >= 15 is 0 Å². The maximum Gasteiger partial charge on any atom is 0.223 e. The molecule has 0 bridgehead atoms. The minimum absolute atomic E-state index is 0.0441. The van der Waals surface area contributed by atoms with E-state index in [1.54, 1.807) is 23.6 Å². The van der Waals surface area contributed by atoms with Crippen molar-refractivity contribution in [3.05, 3.63) is 59.8 Å². The first-order chi connectivity index (χ1) is 9.77. The van der Waals surface area contributed by atoms with E-state index in [1.165, 1.54) is 0 Å². The largest absolute Gasteiger partial charge is 0.493 e. The van der Waals surface area contributed by atoms with E-state index in [0.717, 1.165) is 11.3 Å². The maximum atomic E-state index is 10.6. The lowest BCUT2D eigenvalue weighted by molar-refractivity contribution is 0.356. The Morgan fingerprint density at radius 1 is 1.20 bits per heavy atom. The van der Waals surface area contributed by atoms with Gasteiger partial charge in [0.15, 0.2) is 0 Å². The van der Waals surface area contributed by atoms with Gasteiger partial charge in [-0.05, 0) is 12.1 Å². The first-order valence-electron chi connectivity index (χ1n) is 6.39. The van der Waals surface area contributed by atoms with Crippen molar-refractivity contribution < 1.29 is 9.52 Å². The van der Waals surface area contributed by atoms with Gasteiger partial charge in [-0.1, -0.05) is 18.2 Å². The summed E-state index contributed by atoms with van der Waals surface area (Å²) >= 11 is 0. The number of rotatable bonds is 1. The van der Waals surface area contributed by atoms with Gasteiger partial charge in [-0.3, -0.25) is 0 Å². The average Bonchev–Trinajstić information content (AvgIpc) is 3.10. The third kappa shape index (κ3) is 1.34. The van der Waals surface area contributed by atoms with Crippen molar-refractivity contribution in [2.24, 2.45) is 4.99 Å². The Balaban J connectivity index is 1.98. The summed E-state index contributed by atoms with van der Waals surface area (Å²) in [5.41, 5.74) is 2.64. The fourth-order valence-corrected chi connectivity index (χ4v) is 2.80. The van der Waals surface area contributed by atoms with Gasteiger partial charge in [0, 0.05) is 18.7 Å². The van der Waals surface area contributed by atoms with Crippen LogP contribution in [0.25, 0.3) is 0 Å². The van der Waals surface area contributed by atoms with Crippen molar-refractivity contribution in [1.82, 2.24) is 4.90 Å². The van der Waals surface area contributed by atoms with Crippen molar-refractivity contribution in [3.63, 3.8) is 0 Å². The zero-order chi connectivity index (χ0) is 13.7. The summed E-state index contributed by atoms with van der Waals surface area (Å²) in [7, 11) is 1.95. The summed E-state index contributed by atoms with van der Waals surface area (Å²) in [4.78, 5) is 8.01.